The van der Waals surface area contributed by atoms with Crippen molar-refractivity contribution in [3.05, 3.63) is 23.5 Å². The number of nitrogens with one attached hydrogen (secondary N) is 1. The molecule has 0 aromatic carbocycles. The van der Waals surface area contributed by atoms with Crippen molar-refractivity contribution in [2.45, 2.75) is 29.7 Å². The third-order valence-corrected chi connectivity index (χ3v) is 5.00. The van der Waals surface area contributed by atoms with Gasteiger partial charge in [0.2, 0.25) is 10.0 Å². The summed E-state index contributed by atoms with van der Waals surface area (Å²) in [6, 6.07) is 2.90. The van der Waals surface area contributed by atoms with Crippen LogP contribution in [0.5, 0.6) is 0 Å². The fourth-order valence-corrected chi connectivity index (χ4v) is 3.71. The highest BCUT2D eigenvalue weighted by Crippen LogP contribution is 2.33. The largest absolute Gasteiger partial charge is 0.394 e. The van der Waals surface area contributed by atoms with Crippen LogP contribution in [0.4, 0.5) is 0 Å². The number of hydrogen-bond acceptors (Lipinski definition) is 4. The molecular formula is C10H13ClN2O3S. The quantitative estimate of drug-likeness (QED) is 0.802. The minimum absolute atomic E-state index is 0.0543. The highest BCUT2D eigenvalue weighted by molar-refractivity contribution is 7.89. The van der Waals surface area contributed by atoms with Crippen molar-refractivity contribution in [1.29, 1.82) is 0 Å². The predicted molar refractivity (Wildman–Crippen MR) is 63.2 cm³/mol. The minimum Gasteiger partial charge on any atom is -0.394 e. The van der Waals surface area contributed by atoms with E-state index in [1.807, 2.05) is 0 Å². The van der Waals surface area contributed by atoms with Crippen LogP contribution in [-0.2, 0) is 10.0 Å². The van der Waals surface area contributed by atoms with E-state index in [1.165, 1.54) is 18.3 Å². The monoisotopic (exact) mass is 276 g/mol. The molecule has 0 amide bonds. The fourth-order valence-electron chi connectivity index (χ4n) is 1.81. The van der Waals surface area contributed by atoms with Gasteiger partial charge in [-0.15, -0.1) is 0 Å². The number of sulfonamides is 1. The first-order valence-corrected chi connectivity index (χ1v) is 7.11. The summed E-state index contributed by atoms with van der Waals surface area (Å²) in [5, 5.41) is 9.18. The summed E-state index contributed by atoms with van der Waals surface area (Å²) in [5.74, 6) is 0. The van der Waals surface area contributed by atoms with Gasteiger partial charge in [-0.1, -0.05) is 11.6 Å². The number of aromatic nitrogens is 1. The van der Waals surface area contributed by atoms with E-state index in [0.717, 1.165) is 6.42 Å². The van der Waals surface area contributed by atoms with Gasteiger partial charge in [0.05, 0.1) is 12.1 Å². The van der Waals surface area contributed by atoms with Gasteiger partial charge in [-0.05, 0) is 31.4 Å². The van der Waals surface area contributed by atoms with Crippen LogP contribution in [0.25, 0.3) is 0 Å². The normalized spacial score (nSPS) is 18.7. The molecule has 0 radical (unpaired) electrons. The highest BCUT2D eigenvalue weighted by Gasteiger charge is 2.40. The molecule has 1 saturated carbocycles. The lowest BCUT2D eigenvalue weighted by molar-refractivity contribution is 0.110. The van der Waals surface area contributed by atoms with Gasteiger partial charge >= 0.3 is 0 Å². The average molecular weight is 277 g/mol. The van der Waals surface area contributed by atoms with Gasteiger partial charge in [-0.25, -0.2) is 18.1 Å². The van der Waals surface area contributed by atoms with Crippen molar-refractivity contribution >= 4 is 21.6 Å². The summed E-state index contributed by atoms with van der Waals surface area (Å²) in [6.07, 6.45) is 3.61. The van der Waals surface area contributed by atoms with Gasteiger partial charge < -0.3 is 5.11 Å². The van der Waals surface area contributed by atoms with E-state index in [2.05, 4.69) is 9.71 Å². The molecule has 0 aliphatic heterocycles. The molecule has 0 spiro atoms. The summed E-state index contributed by atoms with van der Waals surface area (Å²) >= 11 is 5.75. The van der Waals surface area contributed by atoms with Gasteiger partial charge in [0.25, 0.3) is 0 Å². The smallest absolute Gasteiger partial charge is 0.244 e. The van der Waals surface area contributed by atoms with Gasteiger partial charge in [0.1, 0.15) is 10.0 Å². The van der Waals surface area contributed by atoms with Gasteiger partial charge in [0.15, 0.2) is 0 Å². The van der Waals surface area contributed by atoms with E-state index >= 15 is 0 Å². The van der Waals surface area contributed by atoms with Crippen molar-refractivity contribution in [3.8, 4) is 0 Å². The molecule has 2 rings (SSSR count). The van der Waals surface area contributed by atoms with E-state index in [0.29, 0.717) is 12.8 Å². The maximum absolute atomic E-state index is 12.1. The van der Waals surface area contributed by atoms with Crippen molar-refractivity contribution in [1.82, 2.24) is 9.71 Å². The second-order valence-corrected chi connectivity index (χ2v) is 6.20. The van der Waals surface area contributed by atoms with Crippen LogP contribution in [0.1, 0.15) is 19.3 Å². The minimum atomic E-state index is -3.73. The van der Waals surface area contributed by atoms with E-state index in [4.69, 9.17) is 11.6 Å². The number of aliphatic hydroxyl groups is 1. The maximum atomic E-state index is 12.1. The standard InChI is InChI=1S/C10H13ClN2O3S/c11-9-8(3-1-6-12-9)17(15,16)13-10(7-14)4-2-5-10/h1,3,6,13-14H,2,4-5,7H2. The summed E-state index contributed by atoms with van der Waals surface area (Å²) in [6.45, 7) is -0.204. The zero-order chi connectivity index (χ0) is 12.5. The van der Waals surface area contributed by atoms with Crippen molar-refractivity contribution < 1.29 is 13.5 Å². The van der Waals surface area contributed by atoms with Crippen LogP contribution >= 0.6 is 11.6 Å². The lowest BCUT2D eigenvalue weighted by Crippen LogP contribution is -2.56. The Morgan fingerprint density at radius 2 is 2.24 bits per heavy atom. The van der Waals surface area contributed by atoms with E-state index < -0.39 is 15.6 Å². The second kappa shape index (κ2) is 4.53. The second-order valence-electron chi connectivity index (χ2n) is 4.19. The summed E-state index contributed by atoms with van der Waals surface area (Å²) < 4.78 is 26.7. The molecule has 1 aliphatic rings. The maximum Gasteiger partial charge on any atom is 0.244 e. The zero-order valence-electron chi connectivity index (χ0n) is 9.06. The Bertz CT molecular complexity index is 509. The lowest BCUT2D eigenvalue weighted by Gasteiger charge is -2.40. The van der Waals surface area contributed by atoms with Crippen LogP contribution in [0.15, 0.2) is 23.2 Å². The Balaban J connectivity index is 2.29. The van der Waals surface area contributed by atoms with Crippen molar-refractivity contribution in [2.24, 2.45) is 0 Å². The molecule has 1 heterocycles. The van der Waals surface area contributed by atoms with Crippen LogP contribution in [0.2, 0.25) is 5.15 Å². The molecule has 1 fully saturated rings. The summed E-state index contributed by atoms with van der Waals surface area (Å²) in [5.41, 5.74) is -0.724. The van der Waals surface area contributed by atoms with Crippen molar-refractivity contribution in [2.75, 3.05) is 6.61 Å². The average Bonchev–Trinajstić information content (AvgIpc) is 2.24. The predicted octanol–water partition coefficient (Wildman–Crippen LogP) is 0.928. The van der Waals surface area contributed by atoms with Gasteiger partial charge in [0, 0.05) is 6.20 Å². The number of hydrogen-bond donors (Lipinski definition) is 2. The van der Waals surface area contributed by atoms with Crippen LogP contribution < -0.4 is 4.72 Å². The van der Waals surface area contributed by atoms with Crippen LogP contribution in [-0.4, -0.2) is 30.7 Å². The van der Waals surface area contributed by atoms with Crippen molar-refractivity contribution in [3.63, 3.8) is 0 Å². The number of rotatable bonds is 4. The fraction of sp³-hybridized carbons (Fsp3) is 0.500. The number of aliphatic hydroxyl groups excluding tert-OH is 1. The van der Waals surface area contributed by atoms with E-state index in [9.17, 15) is 13.5 Å². The number of halogens is 1. The third kappa shape index (κ3) is 2.44. The van der Waals surface area contributed by atoms with E-state index in [1.54, 1.807) is 0 Å². The molecule has 94 valence electrons. The molecule has 7 heteroatoms. The Labute approximate surface area is 105 Å². The Morgan fingerprint density at radius 1 is 1.53 bits per heavy atom. The molecule has 1 aromatic heterocycles. The molecule has 0 unspecified atom stereocenters. The molecule has 0 bridgehead atoms. The van der Waals surface area contributed by atoms with Gasteiger partial charge in [-0.2, -0.15) is 0 Å². The van der Waals surface area contributed by atoms with Gasteiger partial charge in [-0.3, -0.25) is 0 Å². The van der Waals surface area contributed by atoms with Crippen LogP contribution in [0.3, 0.4) is 0 Å². The summed E-state index contributed by atoms with van der Waals surface area (Å²) in [4.78, 5) is 3.67. The van der Waals surface area contributed by atoms with Crippen LogP contribution in [0, 0.1) is 0 Å². The third-order valence-electron chi connectivity index (χ3n) is 2.98. The van der Waals surface area contributed by atoms with E-state index in [-0.39, 0.29) is 16.7 Å². The first-order valence-electron chi connectivity index (χ1n) is 5.24. The molecule has 2 N–H and O–H groups in total. The zero-order valence-corrected chi connectivity index (χ0v) is 10.6. The molecule has 1 aromatic rings. The SMILES string of the molecule is O=S(=O)(NC1(CO)CCC1)c1cccnc1Cl. The number of nitrogens with zero attached hydrogens (tertiary/aromatic N) is 1. The molecule has 0 atom stereocenters. The molecule has 5 nitrogen and oxygen atoms in total. The molecule has 1 aliphatic carbocycles. The number of pyridine rings is 1. The topological polar surface area (TPSA) is 79.3 Å². The molecular weight excluding hydrogens is 264 g/mol. The Morgan fingerprint density at radius 3 is 2.71 bits per heavy atom. The first kappa shape index (κ1) is 12.8. The summed E-state index contributed by atoms with van der Waals surface area (Å²) in [7, 11) is -3.73. The molecule has 0 saturated heterocycles. The lowest BCUT2D eigenvalue weighted by atomic mass is 9.78. The first-order chi connectivity index (χ1) is 7.99. The Kier molecular flexibility index (Phi) is 3.40. The molecule has 17 heavy (non-hydrogen) atoms. The Hall–Kier alpha value is -0.690. The highest BCUT2D eigenvalue weighted by atomic mass is 35.5.